The van der Waals surface area contributed by atoms with E-state index in [2.05, 4.69) is 47.6 Å². The van der Waals surface area contributed by atoms with Crippen LogP contribution in [0.5, 0.6) is 5.75 Å². The molecule has 482 valence electrons. The summed E-state index contributed by atoms with van der Waals surface area (Å²) in [5.74, 6) is -9.66. The van der Waals surface area contributed by atoms with Crippen LogP contribution in [0, 0.1) is 3.57 Å². The van der Waals surface area contributed by atoms with Gasteiger partial charge in [0.15, 0.2) is 23.7 Å². The Labute approximate surface area is 532 Å². The highest BCUT2D eigenvalue weighted by atomic mass is 127. The number of benzene rings is 4. The molecule has 0 radical (unpaired) electrons. The molecule has 5 rings (SSSR count). The van der Waals surface area contributed by atoms with E-state index in [1.807, 2.05) is 22.6 Å². The molecular formula is C60H79IN17O12+. The van der Waals surface area contributed by atoms with Gasteiger partial charge in [-0.25, -0.2) is 0 Å². The number of carbonyl (C=O) groups is 11. The van der Waals surface area contributed by atoms with Gasteiger partial charge in [-0.05, 0) is 96.4 Å². The van der Waals surface area contributed by atoms with Crippen molar-refractivity contribution in [3.63, 3.8) is 0 Å². The first kappa shape index (κ1) is 71.0. The number of aromatic hydroxyl groups is 1. The van der Waals surface area contributed by atoms with Crippen LogP contribution in [0.3, 0.4) is 0 Å². The first-order valence-corrected chi connectivity index (χ1v) is 30.0. The molecule has 0 aromatic heterocycles. The normalized spacial score (nSPS) is 14.9. The summed E-state index contributed by atoms with van der Waals surface area (Å²) in [6.45, 7) is 0.0106. The molecule has 0 saturated carbocycles. The number of quaternary nitrogens is 1. The average Bonchev–Trinajstić information content (AvgIpc) is 2.70. The molecule has 4 aromatic rings. The van der Waals surface area contributed by atoms with E-state index in [9.17, 15) is 57.8 Å². The lowest BCUT2D eigenvalue weighted by atomic mass is 9.99. The monoisotopic (exact) mass is 1360 g/mol. The molecule has 4 aromatic carbocycles. The number of hydrogen-bond acceptors (Lipinski definition) is 14. The van der Waals surface area contributed by atoms with Crippen LogP contribution >= 0.6 is 22.6 Å². The Balaban J connectivity index is 1.34. The van der Waals surface area contributed by atoms with Crippen molar-refractivity contribution in [2.75, 3.05) is 19.6 Å². The topological polar surface area (TPSA) is 518 Å². The molecule has 90 heavy (non-hydrogen) atoms. The molecule has 29 nitrogen and oxygen atoms in total. The van der Waals surface area contributed by atoms with Crippen molar-refractivity contribution in [1.82, 2.24) is 36.8 Å². The van der Waals surface area contributed by atoms with E-state index in [4.69, 9.17) is 40.1 Å². The number of halogens is 1. The van der Waals surface area contributed by atoms with Gasteiger partial charge in [-0.2, -0.15) is 0 Å². The Bertz CT molecular complexity index is 3260. The highest BCUT2D eigenvalue weighted by Crippen LogP contribution is 2.23. The molecule has 30 heteroatoms. The number of aliphatic imine (C=N–C) groups is 2. The van der Waals surface area contributed by atoms with Gasteiger partial charge in [0.05, 0.1) is 9.99 Å². The Kier molecular flexibility index (Phi) is 27.9. The number of phenolic OH excluding ortho intramolecular Hbond substituents is 1. The third-order valence-electron chi connectivity index (χ3n) is 14.5. The van der Waals surface area contributed by atoms with Crippen LogP contribution in [-0.2, 0) is 67.2 Å². The second-order valence-electron chi connectivity index (χ2n) is 21.5. The molecule has 0 aliphatic carbocycles. The molecule has 1 fully saturated rings. The number of primary amides is 3. The van der Waals surface area contributed by atoms with Crippen LogP contribution < -0.4 is 77.8 Å². The third-order valence-corrected chi connectivity index (χ3v) is 15.3. The zero-order chi connectivity index (χ0) is 66.0. The number of amides is 10. The minimum atomic E-state index is -1.83. The number of phenols is 1. The van der Waals surface area contributed by atoms with Crippen molar-refractivity contribution in [1.29, 1.82) is 0 Å². The lowest BCUT2D eigenvalue weighted by Gasteiger charge is -2.31. The SMILES string of the molecule is NC(=O)CC[C@H](NC(=O)[C@H](Cc1ccccc1)NC(=O)[C@H]([NH3+])Cc1ccc(C(=O)c2ccccc2)cc1)C(=O)N[C@@H](CC(N)=O)C(=O)N[C@@H](CCCN=C(N)N)C(=O)N1CCC[C@@H]1C(=O)N[C@@H](CCCN=C(N)N)C(=O)N[C@@H](Cc1ccc(O)c(I)c1)C(N)=O. The maximum atomic E-state index is 14.7. The molecule has 24 N–H and O–H groups in total. The molecule has 1 aliphatic heterocycles. The fourth-order valence-corrected chi connectivity index (χ4v) is 10.3. The summed E-state index contributed by atoms with van der Waals surface area (Å²) in [4.78, 5) is 160. The van der Waals surface area contributed by atoms with Gasteiger partial charge in [0.25, 0.3) is 5.91 Å². The summed E-state index contributed by atoms with van der Waals surface area (Å²) in [5, 5.41) is 25.6. The number of ketones is 1. The zero-order valence-electron chi connectivity index (χ0n) is 49.4. The van der Waals surface area contributed by atoms with Gasteiger partial charge in [-0.3, -0.25) is 62.7 Å². The van der Waals surface area contributed by atoms with E-state index in [0.717, 1.165) is 0 Å². The van der Waals surface area contributed by atoms with Gasteiger partial charge in [-0.15, -0.1) is 0 Å². The molecule has 1 aliphatic rings. The van der Waals surface area contributed by atoms with E-state index >= 15 is 0 Å². The van der Waals surface area contributed by atoms with Crippen molar-refractivity contribution in [2.45, 2.75) is 125 Å². The fraction of sp³-hybridized carbons (Fsp3) is 0.383. The molecular weight excluding hydrogens is 1280 g/mol. The summed E-state index contributed by atoms with van der Waals surface area (Å²) in [5.41, 5.74) is 45.7. The maximum Gasteiger partial charge on any atom is 0.279 e. The lowest BCUT2D eigenvalue weighted by molar-refractivity contribution is -0.403. The fourth-order valence-electron chi connectivity index (χ4n) is 9.77. The van der Waals surface area contributed by atoms with E-state index in [1.54, 1.807) is 97.1 Å². The largest absolute Gasteiger partial charge is 0.507 e. The minimum Gasteiger partial charge on any atom is -0.507 e. The van der Waals surface area contributed by atoms with Crippen molar-refractivity contribution < 1.29 is 63.6 Å². The summed E-state index contributed by atoms with van der Waals surface area (Å²) >= 11 is 1.90. The van der Waals surface area contributed by atoms with Gasteiger partial charge < -0.3 is 87.8 Å². The van der Waals surface area contributed by atoms with Crippen LogP contribution in [0.1, 0.15) is 90.4 Å². The van der Waals surface area contributed by atoms with Crippen molar-refractivity contribution in [3.05, 3.63) is 135 Å². The van der Waals surface area contributed by atoms with Crippen LogP contribution in [0.2, 0.25) is 0 Å². The van der Waals surface area contributed by atoms with Gasteiger partial charge in [0.1, 0.15) is 48.0 Å². The maximum absolute atomic E-state index is 14.7. The molecule has 8 atom stereocenters. The van der Waals surface area contributed by atoms with Crippen LogP contribution in [0.15, 0.2) is 113 Å². The number of rotatable bonds is 35. The number of nitrogens with two attached hydrogens (primary N) is 7. The summed E-state index contributed by atoms with van der Waals surface area (Å²) in [6.07, 6.45) is -1.42. The van der Waals surface area contributed by atoms with E-state index < -0.39 is 127 Å². The smallest absolute Gasteiger partial charge is 0.279 e. The number of nitrogens with one attached hydrogen (secondary N) is 6. The van der Waals surface area contributed by atoms with E-state index in [1.165, 1.54) is 11.0 Å². The Hall–Kier alpha value is -9.72. The predicted molar refractivity (Wildman–Crippen MR) is 339 cm³/mol. The predicted octanol–water partition coefficient (Wildman–Crippen LogP) is -3.50. The van der Waals surface area contributed by atoms with Gasteiger partial charge in [0.2, 0.25) is 53.2 Å². The summed E-state index contributed by atoms with van der Waals surface area (Å²) in [7, 11) is 0. The standard InChI is InChI=1S/C60H78IN17O12/c61-38-28-35(19-23-47(38)79)31-43(51(65)83)75-53(85)40(14-7-25-70-59(66)67)73-57(89)46-16-9-27-78(46)58(90)42(15-8-26-71-60(68)69)74-56(88)45(32-49(64)81)77-54(86)41(22-24-48(63)80)72-55(87)44(30-33-10-3-1-4-11-33)76-52(84)39(62)29-34-17-20-37(21-18-34)50(82)36-12-5-2-6-13-36/h1-6,10-13,17-21,23,28,39-46,79H,7-9,14-16,22,24-27,29-32,62H2,(H2,63,80)(H2,64,81)(H2,65,83)(H,72,87)(H,73,89)(H,74,88)(H,75,85)(H,76,84)(H,77,86)(H4,66,67,70)(H4,68,69,71)/p+1/t39-,40+,41+,42+,43+,44+,45+,46-/m1/s1. The average molecular weight is 1360 g/mol. The van der Waals surface area contributed by atoms with E-state index in [-0.39, 0.29) is 101 Å². The highest BCUT2D eigenvalue weighted by molar-refractivity contribution is 14.1. The second kappa shape index (κ2) is 35.3. The number of carbonyl (C=O) groups excluding carboxylic acids is 11. The molecule has 0 unspecified atom stereocenters. The number of nitrogens with zero attached hydrogens (tertiary/aromatic N) is 3. The molecule has 10 amide bonds. The Morgan fingerprint density at radius 1 is 0.544 bits per heavy atom. The first-order chi connectivity index (χ1) is 42.8. The second-order valence-corrected chi connectivity index (χ2v) is 22.7. The van der Waals surface area contributed by atoms with E-state index in [0.29, 0.717) is 31.4 Å². The Morgan fingerprint density at radius 2 is 1.03 bits per heavy atom. The quantitative estimate of drug-likeness (QED) is 0.00699. The van der Waals surface area contributed by atoms with Crippen LogP contribution in [-0.4, -0.2) is 155 Å². The molecule has 1 saturated heterocycles. The number of likely N-dealkylation sites (tertiary alicyclic amines) is 1. The van der Waals surface area contributed by atoms with Crippen molar-refractivity contribution >= 4 is 99.4 Å². The number of guanidine groups is 2. The van der Waals surface area contributed by atoms with Gasteiger partial charge in [0, 0.05) is 56.4 Å². The van der Waals surface area contributed by atoms with Crippen LogP contribution in [0.25, 0.3) is 0 Å². The van der Waals surface area contributed by atoms with Gasteiger partial charge >= 0.3 is 0 Å². The summed E-state index contributed by atoms with van der Waals surface area (Å²) < 4.78 is 0.480. The summed E-state index contributed by atoms with van der Waals surface area (Å²) in [6, 6.07) is 17.4. The lowest BCUT2D eigenvalue weighted by Crippen LogP contribution is -2.70. The Morgan fingerprint density at radius 3 is 1.61 bits per heavy atom. The van der Waals surface area contributed by atoms with Crippen molar-refractivity contribution in [2.24, 2.45) is 50.1 Å². The zero-order valence-corrected chi connectivity index (χ0v) is 51.6. The number of hydrogen-bond donors (Lipinski definition) is 15. The minimum absolute atomic E-state index is 0.00124. The highest BCUT2D eigenvalue weighted by Gasteiger charge is 2.40. The molecule has 0 bridgehead atoms. The molecule has 1 heterocycles. The third kappa shape index (κ3) is 23.1. The van der Waals surface area contributed by atoms with Gasteiger partial charge in [-0.1, -0.05) is 91.0 Å². The first-order valence-electron chi connectivity index (χ1n) is 28.9. The van der Waals surface area contributed by atoms with Crippen LogP contribution in [0.4, 0.5) is 0 Å². The molecule has 0 spiro atoms. The van der Waals surface area contributed by atoms with Crippen molar-refractivity contribution in [3.8, 4) is 5.75 Å².